The molecule has 10 nitrogen and oxygen atoms in total. The molecule has 1 N–H and O–H groups in total. The van der Waals surface area contributed by atoms with Crippen molar-refractivity contribution in [3.63, 3.8) is 0 Å². The average molecular weight is 608 g/mol. The Morgan fingerprint density at radius 3 is 2.24 bits per heavy atom. The lowest BCUT2D eigenvalue weighted by Gasteiger charge is -2.35. The van der Waals surface area contributed by atoms with E-state index in [-0.39, 0.29) is 54.4 Å². The van der Waals surface area contributed by atoms with Gasteiger partial charge in [-0.1, -0.05) is 43.2 Å². The molecule has 1 aliphatic heterocycles. The summed E-state index contributed by atoms with van der Waals surface area (Å²) in [6, 6.07) is 15.2. The van der Waals surface area contributed by atoms with Crippen molar-refractivity contribution in [2.45, 2.75) is 49.0 Å². The van der Waals surface area contributed by atoms with E-state index in [4.69, 9.17) is 4.74 Å². The van der Waals surface area contributed by atoms with Gasteiger partial charge < -0.3 is 24.6 Å². The minimum absolute atomic E-state index is 0.0364. The molecule has 1 amide bonds. The van der Waals surface area contributed by atoms with Gasteiger partial charge in [0.1, 0.15) is 11.8 Å². The molecule has 0 bridgehead atoms. The predicted octanol–water partition coefficient (Wildman–Crippen LogP) is 2.10. The molecule has 0 spiro atoms. The van der Waals surface area contributed by atoms with Crippen molar-refractivity contribution in [2.75, 3.05) is 44.8 Å². The number of benzene rings is 2. The lowest BCUT2D eigenvalue weighted by molar-refractivity contribution is -0.267. The lowest BCUT2D eigenvalue weighted by atomic mass is 9.85. The van der Waals surface area contributed by atoms with Crippen LogP contribution in [0, 0.1) is 11.8 Å². The molecule has 2 fully saturated rings. The number of hydrogen-bond acceptors (Lipinski definition) is 8. The Kier molecular flexibility index (Phi) is 10.3. The van der Waals surface area contributed by atoms with E-state index in [2.05, 4.69) is 0 Å². The number of aliphatic hydroxyl groups is 1. The Bertz CT molecular complexity index is 1360. The highest BCUT2D eigenvalue weighted by Crippen LogP contribution is 2.34. The first kappa shape index (κ1) is 31.3. The number of carbonyl (C=O) groups excluding carboxylic acids is 1. The number of aliphatic hydroxyl groups excluding tert-OH is 1. The number of amides is 1. The molecule has 41 heavy (non-hydrogen) atoms. The Labute approximate surface area is 242 Å². The quantitative estimate of drug-likeness (QED) is 0.365. The van der Waals surface area contributed by atoms with E-state index in [1.54, 1.807) is 12.1 Å². The summed E-state index contributed by atoms with van der Waals surface area (Å²) in [7, 11) is -5.71. The van der Waals surface area contributed by atoms with Gasteiger partial charge in [-0.05, 0) is 60.9 Å². The summed E-state index contributed by atoms with van der Waals surface area (Å²) in [6.45, 7) is -0.506. The maximum atomic E-state index is 13.6. The third kappa shape index (κ3) is 8.21. The first-order valence-corrected chi connectivity index (χ1v) is 17.3. The topological polar surface area (TPSA) is 144 Å². The molecule has 12 heteroatoms. The van der Waals surface area contributed by atoms with E-state index < -0.39 is 38.0 Å². The number of sulfonamides is 1. The maximum absolute atomic E-state index is 13.6. The fraction of sp³-hybridized carbons (Fsp3) is 0.552. The maximum Gasteiger partial charge on any atom is 0.243 e. The van der Waals surface area contributed by atoms with E-state index >= 15 is 0 Å². The highest BCUT2D eigenvalue weighted by atomic mass is 32.2. The standard InChI is InChI=1S/C29H40N2O8S2/c1-39-26-11-13-27(14-12-26)41(37,38)31(17-22-7-5-6-8-22)19-25(32)18-30(29(33)34)20-28(23-9-3-2-4-10-23)24-15-16-40(35,36)21-24/h2-4,9-14,22,24-25,28,32H,5-8,15-21H2,1H3,(H,33,34)/p-1/t24?,25-,28?/m0/s1. The molecule has 0 radical (unpaired) electrons. The Morgan fingerprint density at radius 1 is 1.02 bits per heavy atom. The summed E-state index contributed by atoms with van der Waals surface area (Å²) in [4.78, 5) is 13.3. The second kappa shape index (κ2) is 13.5. The van der Waals surface area contributed by atoms with Crippen LogP contribution < -0.4 is 9.84 Å². The van der Waals surface area contributed by atoms with E-state index in [1.165, 1.54) is 23.5 Å². The van der Waals surface area contributed by atoms with Gasteiger partial charge >= 0.3 is 0 Å². The van der Waals surface area contributed by atoms with E-state index in [0.717, 1.165) is 36.1 Å². The molecule has 1 heterocycles. The highest BCUT2D eigenvalue weighted by molar-refractivity contribution is 7.91. The van der Waals surface area contributed by atoms with Crippen molar-refractivity contribution in [2.24, 2.45) is 11.8 Å². The van der Waals surface area contributed by atoms with Gasteiger partial charge in [0.15, 0.2) is 9.84 Å². The summed E-state index contributed by atoms with van der Waals surface area (Å²) < 4.78 is 58.2. The number of ether oxygens (including phenoxy) is 1. The summed E-state index contributed by atoms with van der Waals surface area (Å²) >= 11 is 0. The molecule has 1 aliphatic carbocycles. The van der Waals surface area contributed by atoms with Crippen LogP contribution in [0.4, 0.5) is 4.79 Å². The van der Waals surface area contributed by atoms with Crippen molar-refractivity contribution in [1.82, 2.24) is 9.21 Å². The van der Waals surface area contributed by atoms with Gasteiger partial charge in [-0.25, -0.2) is 16.8 Å². The molecular formula is C29H39N2O8S2-. The molecule has 2 aromatic carbocycles. The Balaban J connectivity index is 1.53. The molecule has 1 saturated heterocycles. The summed E-state index contributed by atoms with van der Waals surface area (Å²) in [5.74, 6) is -0.0235. The zero-order valence-corrected chi connectivity index (χ0v) is 24.9. The fourth-order valence-electron chi connectivity index (χ4n) is 6.02. The van der Waals surface area contributed by atoms with E-state index in [1.807, 2.05) is 30.3 Å². The molecule has 2 aromatic rings. The van der Waals surface area contributed by atoms with Crippen LogP contribution in [0.25, 0.3) is 0 Å². The van der Waals surface area contributed by atoms with Crippen LogP contribution >= 0.6 is 0 Å². The number of hydrogen-bond donors (Lipinski definition) is 1. The summed E-state index contributed by atoms with van der Waals surface area (Å²) in [6.07, 6.45) is 1.38. The van der Waals surface area contributed by atoms with Crippen LogP contribution in [0.2, 0.25) is 0 Å². The smallest absolute Gasteiger partial charge is 0.243 e. The SMILES string of the molecule is COc1ccc(S(=O)(=O)N(CC2CCCC2)C[C@@H](O)CN(CC(c2ccccc2)C2CCS(=O)(=O)C2)C(=O)[O-])cc1. The highest BCUT2D eigenvalue weighted by Gasteiger charge is 2.36. The van der Waals surface area contributed by atoms with Gasteiger partial charge in [0.25, 0.3) is 0 Å². The molecule has 0 aromatic heterocycles. The molecule has 3 atom stereocenters. The van der Waals surface area contributed by atoms with Crippen LogP contribution in [0.1, 0.15) is 43.6 Å². The zero-order valence-electron chi connectivity index (χ0n) is 23.3. The van der Waals surface area contributed by atoms with Gasteiger partial charge in [0, 0.05) is 32.1 Å². The number of carbonyl (C=O) groups is 1. The van der Waals surface area contributed by atoms with Gasteiger partial charge in [-0.15, -0.1) is 0 Å². The third-order valence-electron chi connectivity index (χ3n) is 8.22. The number of rotatable bonds is 13. The predicted molar refractivity (Wildman–Crippen MR) is 153 cm³/mol. The van der Waals surface area contributed by atoms with E-state index in [9.17, 15) is 31.8 Å². The van der Waals surface area contributed by atoms with Crippen LogP contribution in [-0.2, 0) is 19.9 Å². The first-order valence-electron chi connectivity index (χ1n) is 14.0. The van der Waals surface area contributed by atoms with Crippen molar-refractivity contribution in [3.8, 4) is 5.75 Å². The summed E-state index contributed by atoms with van der Waals surface area (Å²) in [5, 5.41) is 23.3. The second-order valence-electron chi connectivity index (χ2n) is 11.2. The lowest BCUT2D eigenvalue weighted by Crippen LogP contribution is -2.50. The van der Waals surface area contributed by atoms with Gasteiger partial charge in [0.2, 0.25) is 10.0 Å². The molecule has 226 valence electrons. The van der Waals surface area contributed by atoms with Gasteiger partial charge in [-0.2, -0.15) is 4.31 Å². The molecule has 1 saturated carbocycles. The van der Waals surface area contributed by atoms with Crippen molar-refractivity contribution >= 4 is 26.0 Å². The molecule has 4 rings (SSSR count). The van der Waals surface area contributed by atoms with Crippen LogP contribution in [0.3, 0.4) is 0 Å². The largest absolute Gasteiger partial charge is 0.530 e. The molecular weight excluding hydrogens is 568 g/mol. The fourth-order valence-corrected chi connectivity index (χ4v) is 9.46. The second-order valence-corrected chi connectivity index (χ2v) is 15.3. The van der Waals surface area contributed by atoms with Crippen molar-refractivity contribution < 1.29 is 36.6 Å². The molecule has 2 aliphatic rings. The van der Waals surface area contributed by atoms with Crippen molar-refractivity contribution in [1.29, 1.82) is 0 Å². The number of carboxylic acid groups (broad SMARTS) is 1. The average Bonchev–Trinajstić information content (AvgIpc) is 3.59. The first-order chi connectivity index (χ1) is 19.5. The van der Waals surface area contributed by atoms with Crippen LogP contribution in [0.15, 0.2) is 59.5 Å². The van der Waals surface area contributed by atoms with Crippen LogP contribution in [0.5, 0.6) is 5.75 Å². The normalized spacial score (nSPS) is 20.6. The number of sulfone groups is 1. The van der Waals surface area contributed by atoms with Gasteiger partial charge in [-0.3, -0.25) is 0 Å². The number of methoxy groups -OCH3 is 1. The summed E-state index contributed by atoms with van der Waals surface area (Å²) in [5.41, 5.74) is 0.806. The van der Waals surface area contributed by atoms with E-state index in [0.29, 0.717) is 12.2 Å². The monoisotopic (exact) mass is 607 g/mol. The third-order valence-corrected chi connectivity index (χ3v) is 11.9. The minimum Gasteiger partial charge on any atom is -0.530 e. The van der Waals surface area contributed by atoms with Crippen molar-refractivity contribution in [3.05, 3.63) is 60.2 Å². The van der Waals surface area contributed by atoms with Crippen LogP contribution in [-0.4, -0.2) is 88.1 Å². The van der Waals surface area contributed by atoms with Gasteiger partial charge in [0.05, 0.1) is 29.6 Å². The number of nitrogens with zero attached hydrogens (tertiary/aromatic N) is 2. The minimum atomic E-state index is -3.99. The molecule has 2 unspecified atom stereocenters. The Morgan fingerprint density at radius 2 is 1.68 bits per heavy atom. The Hall–Kier alpha value is -2.67. The zero-order chi connectivity index (χ0) is 29.6.